The summed E-state index contributed by atoms with van der Waals surface area (Å²) >= 11 is 13.9. The standard InChI is InChI=1S/C20H14Cl2N2O2S/c1-27-20-19(14-6-7-23-16-9-12(22)2-4-13(14)16)15-8-11(21)3-5-17(15)24(20)10-18(25)26/h2-9H,10H2,1H3,(H,25,26). The molecule has 0 fully saturated rings. The van der Waals surface area contributed by atoms with E-state index in [2.05, 4.69) is 4.98 Å². The number of carboxylic acids is 1. The molecule has 4 nitrogen and oxygen atoms in total. The minimum absolute atomic E-state index is 0.122. The maximum absolute atomic E-state index is 11.5. The summed E-state index contributed by atoms with van der Waals surface area (Å²) in [5.74, 6) is -0.893. The quantitative estimate of drug-likeness (QED) is 0.416. The number of fused-ring (bicyclic) bond motifs is 2. The maximum Gasteiger partial charge on any atom is 0.323 e. The zero-order chi connectivity index (χ0) is 19.1. The molecule has 4 rings (SSSR count). The molecule has 0 amide bonds. The van der Waals surface area contributed by atoms with Crippen LogP contribution in [0.25, 0.3) is 32.9 Å². The van der Waals surface area contributed by atoms with Crippen LogP contribution in [0.15, 0.2) is 53.7 Å². The van der Waals surface area contributed by atoms with Gasteiger partial charge in [-0.2, -0.15) is 0 Å². The molecule has 0 radical (unpaired) electrons. The summed E-state index contributed by atoms with van der Waals surface area (Å²) in [6.07, 6.45) is 3.68. The van der Waals surface area contributed by atoms with E-state index in [1.54, 1.807) is 12.3 Å². The minimum atomic E-state index is -0.893. The second-order valence-corrected chi connectivity index (χ2v) is 7.71. The third-order valence-corrected chi connectivity index (χ3v) is 5.72. The minimum Gasteiger partial charge on any atom is -0.480 e. The van der Waals surface area contributed by atoms with Crippen LogP contribution in [0.1, 0.15) is 0 Å². The summed E-state index contributed by atoms with van der Waals surface area (Å²) in [5, 5.41) is 13.4. The van der Waals surface area contributed by atoms with Crippen LogP contribution in [0, 0.1) is 0 Å². The van der Waals surface area contributed by atoms with Gasteiger partial charge >= 0.3 is 5.97 Å². The largest absolute Gasteiger partial charge is 0.480 e. The van der Waals surface area contributed by atoms with E-state index in [1.807, 2.05) is 47.2 Å². The molecule has 27 heavy (non-hydrogen) atoms. The molecule has 7 heteroatoms. The average molecular weight is 417 g/mol. The molecule has 4 aromatic rings. The predicted molar refractivity (Wildman–Crippen MR) is 112 cm³/mol. The SMILES string of the molecule is CSc1c(-c2ccnc3cc(Cl)ccc23)c2cc(Cl)ccc2n1CC(=O)O. The van der Waals surface area contributed by atoms with Crippen LogP contribution in [-0.2, 0) is 11.3 Å². The van der Waals surface area contributed by atoms with E-state index in [9.17, 15) is 9.90 Å². The van der Waals surface area contributed by atoms with Crippen molar-refractivity contribution in [2.45, 2.75) is 11.6 Å². The fraction of sp³-hybridized carbons (Fsp3) is 0.100. The second kappa shape index (κ2) is 7.08. The number of halogens is 2. The zero-order valence-electron chi connectivity index (χ0n) is 14.2. The first-order valence-corrected chi connectivity index (χ1v) is 10.1. The first-order chi connectivity index (χ1) is 13.0. The van der Waals surface area contributed by atoms with Crippen LogP contribution in [-0.4, -0.2) is 26.9 Å². The molecule has 0 unspecified atom stereocenters. The number of aliphatic carboxylic acids is 1. The number of hydrogen-bond acceptors (Lipinski definition) is 3. The van der Waals surface area contributed by atoms with Crippen molar-refractivity contribution in [2.75, 3.05) is 6.26 Å². The van der Waals surface area contributed by atoms with Crippen molar-refractivity contribution in [1.29, 1.82) is 0 Å². The molecule has 0 aliphatic heterocycles. The highest BCUT2D eigenvalue weighted by Crippen LogP contribution is 2.43. The van der Waals surface area contributed by atoms with Crippen LogP contribution in [0.3, 0.4) is 0 Å². The van der Waals surface area contributed by atoms with Crippen molar-refractivity contribution < 1.29 is 9.90 Å². The summed E-state index contributed by atoms with van der Waals surface area (Å²) in [5.41, 5.74) is 3.54. The van der Waals surface area contributed by atoms with Crippen LogP contribution in [0.4, 0.5) is 0 Å². The van der Waals surface area contributed by atoms with Crippen LogP contribution in [0.5, 0.6) is 0 Å². The number of benzene rings is 2. The molecule has 2 heterocycles. The number of rotatable bonds is 4. The van der Waals surface area contributed by atoms with Crippen LogP contribution < -0.4 is 0 Å². The Labute approximate surface area is 169 Å². The lowest BCUT2D eigenvalue weighted by Gasteiger charge is -2.10. The summed E-state index contributed by atoms with van der Waals surface area (Å²) < 4.78 is 1.82. The highest BCUT2D eigenvalue weighted by molar-refractivity contribution is 7.98. The van der Waals surface area contributed by atoms with Gasteiger partial charge in [0, 0.05) is 32.6 Å². The van der Waals surface area contributed by atoms with Crippen LogP contribution in [0.2, 0.25) is 10.0 Å². The number of pyridine rings is 1. The molecule has 0 saturated carbocycles. The summed E-state index contributed by atoms with van der Waals surface area (Å²) in [6, 6.07) is 13.1. The van der Waals surface area contributed by atoms with Crippen molar-refractivity contribution in [3.05, 3.63) is 58.7 Å². The Balaban J connectivity index is 2.13. The molecule has 2 aromatic carbocycles. The van der Waals surface area contributed by atoms with E-state index in [1.165, 1.54) is 11.8 Å². The third kappa shape index (κ3) is 3.16. The van der Waals surface area contributed by atoms with Crippen molar-refractivity contribution >= 4 is 62.7 Å². The van der Waals surface area contributed by atoms with Crippen LogP contribution >= 0.6 is 35.0 Å². The van der Waals surface area contributed by atoms with Gasteiger partial charge in [0.1, 0.15) is 6.54 Å². The lowest BCUT2D eigenvalue weighted by Crippen LogP contribution is -2.09. The Morgan fingerprint density at radius 3 is 2.59 bits per heavy atom. The Hall–Kier alpha value is -2.21. The molecule has 0 aliphatic rings. The van der Waals surface area contributed by atoms with Gasteiger partial charge in [0.15, 0.2) is 0 Å². The smallest absolute Gasteiger partial charge is 0.323 e. The highest BCUT2D eigenvalue weighted by Gasteiger charge is 2.21. The molecule has 136 valence electrons. The first kappa shape index (κ1) is 18.2. The molecule has 0 aliphatic carbocycles. The van der Waals surface area contributed by atoms with Gasteiger partial charge < -0.3 is 9.67 Å². The number of carboxylic acid groups (broad SMARTS) is 1. The zero-order valence-corrected chi connectivity index (χ0v) is 16.6. The van der Waals surface area contributed by atoms with E-state index < -0.39 is 5.97 Å². The van der Waals surface area contributed by atoms with Gasteiger partial charge in [-0.1, -0.05) is 29.3 Å². The fourth-order valence-electron chi connectivity index (χ4n) is 3.41. The highest BCUT2D eigenvalue weighted by atomic mass is 35.5. The topological polar surface area (TPSA) is 55.1 Å². The maximum atomic E-state index is 11.5. The molecule has 1 N–H and O–H groups in total. The number of thioether (sulfide) groups is 1. The van der Waals surface area contributed by atoms with Crippen molar-refractivity contribution in [3.63, 3.8) is 0 Å². The lowest BCUT2D eigenvalue weighted by molar-refractivity contribution is -0.137. The normalized spacial score (nSPS) is 11.4. The first-order valence-electron chi connectivity index (χ1n) is 8.11. The molecule has 2 aromatic heterocycles. The number of hydrogen-bond donors (Lipinski definition) is 1. The number of carbonyl (C=O) groups is 1. The molecule has 0 saturated heterocycles. The molecule has 0 spiro atoms. The summed E-state index contributed by atoms with van der Waals surface area (Å²) in [7, 11) is 0. The predicted octanol–water partition coefficient (Wildman–Crippen LogP) is 5.97. The van der Waals surface area contributed by atoms with Gasteiger partial charge in [-0.15, -0.1) is 11.8 Å². The Bertz CT molecular complexity index is 1200. The number of nitrogens with zero attached hydrogens (tertiary/aromatic N) is 2. The van der Waals surface area contributed by atoms with E-state index in [4.69, 9.17) is 23.2 Å². The Kier molecular flexibility index (Phi) is 4.76. The van der Waals surface area contributed by atoms with E-state index >= 15 is 0 Å². The van der Waals surface area contributed by atoms with E-state index in [0.717, 1.165) is 38.0 Å². The summed E-state index contributed by atoms with van der Waals surface area (Å²) in [4.78, 5) is 15.9. The summed E-state index contributed by atoms with van der Waals surface area (Å²) in [6.45, 7) is -0.122. The monoisotopic (exact) mass is 416 g/mol. The van der Waals surface area contributed by atoms with E-state index in [-0.39, 0.29) is 6.54 Å². The average Bonchev–Trinajstić information content (AvgIpc) is 2.92. The van der Waals surface area contributed by atoms with Gasteiger partial charge in [0.25, 0.3) is 0 Å². The third-order valence-electron chi connectivity index (χ3n) is 4.44. The van der Waals surface area contributed by atoms with Crippen molar-refractivity contribution in [3.8, 4) is 11.1 Å². The van der Waals surface area contributed by atoms with Gasteiger partial charge in [-0.25, -0.2) is 0 Å². The molecular weight excluding hydrogens is 403 g/mol. The van der Waals surface area contributed by atoms with Crippen molar-refractivity contribution in [1.82, 2.24) is 9.55 Å². The number of aromatic nitrogens is 2. The van der Waals surface area contributed by atoms with Gasteiger partial charge in [0.05, 0.1) is 16.1 Å². The Morgan fingerprint density at radius 2 is 1.85 bits per heavy atom. The second-order valence-electron chi connectivity index (χ2n) is 6.05. The van der Waals surface area contributed by atoms with E-state index in [0.29, 0.717) is 10.0 Å². The molecular formula is C20H14Cl2N2O2S. The lowest BCUT2D eigenvalue weighted by atomic mass is 10.0. The van der Waals surface area contributed by atoms with Gasteiger partial charge in [0.2, 0.25) is 0 Å². The fourth-order valence-corrected chi connectivity index (χ4v) is 4.55. The Morgan fingerprint density at radius 1 is 1.11 bits per heavy atom. The molecule has 0 bridgehead atoms. The van der Waals surface area contributed by atoms with Gasteiger partial charge in [-0.05, 0) is 48.2 Å². The van der Waals surface area contributed by atoms with Gasteiger partial charge in [-0.3, -0.25) is 9.78 Å². The molecule has 0 atom stereocenters. The van der Waals surface area contributed by atoms with Crippen molar-refractivity contribution in [2.24, 2.45) is 0 Å².